The molecule has 0 saturated carbocycles. The molecule has 1 saturated heterocycles. The van der Waals surface area contributed by atoms with E-state index < -0.39 is 10.0 Å². The average Bonchev–Trinajstić information content (AvgIpc) is 3.20. The lowest BCUT2D eigenvalue weighted by molar-refractivity contribution is 0.180. The first-order chi connectivity index (χ1) is 14.0. The summed E-state index contributed by atoms with van der Waals surface area (Å²) in [5, 5.41) is 0. The second-order valence-electron chi connectivity index (χ2n) is 7.14. The maximum atomic E-state index is 13.1. The molecule has 2 aromatic heterocycles. The quantitative estimate of drug-likeness (QED) is 0.615. The maximum absolute atomic E-state index is 13.1. The van der Waals surface area contributed by atoms with Crippen LogP contribution >= 0.6 is 0 Å². The van der Waals surface area contributed by atoms with Crippen molar-refractivity contribution in [1.29, 1.82) is 0 Å². The van der Waals surface area contributed by atoms with Crippen molar-refractivity contribution in [3.8, 4) is 17.0 Å². The second kappa shape index (κ2) is 8.34. The van der Waals surface area contributed by atoms with E-state index in [-0.39, 0.29) is 10.8 Å². The van der Waals surface area contributed by atoms with Gasteiger partial charge in [-0.2, -0.15) is 4.31 Å². The van der Waals surface area contributed by atoms with Gasteiger partial charge in [-0.05, 0) is 37.1 Å². The zero-order valence-electron chi connectivity index (χ0n) is 16.2. The molecular formula is C21H23N3O4S. The Kier molecular flexibility index (Phi) is 5.64. The van der Waals surface area contributed by atoms with Crippen molar-refractivity contribution >= 4 is 10.0 Å². The van der Waals surface area contributed by atoms with Gasteiger partial charge in [-0.25, -0.2) is 13.4 Å². The number of aryl methyl sites for hydroxylation is 1. The molecule has 0 bridgehead atoms. The monoisotopic (exact) mass is 413 g/mol. The number of nitrogens with zero attached hydrogens (tertiary/aromatic N) is 3. The highest BCUT2D eigenvalue weighted by Crippen LogP contribution is 2.26. The summed E-state index contributed by atoms with van der Waals surface area (Å²) < 4.78 is 38.8. The van der Waals surface area contributed by atoms with Crippen LogP contribution < -0.4 is 4.74 Å². The Morgan fingerprint density at radius 3 is 2.62 bits per heavy atom. The van der Waals surface area contributed by atoms with Crippen LogP contribution in [0.5, 0.6) is 5.75 Å². The molecule has 1 aliphatic heterocycles. The van der Waals surface area contributed by atoms with E-state index in [4.69, 9.17) is 9.15 Å². The van der Waals surface area contributed by atoms with Crippen LogP contribution in [0.2, 0.25) is 0 Å². The Labute approximate surface area is 170 Å². The summed E-state index contributed by atoms with van der Waals surface area (Å²) in [6, 6.07) is 10.4. The highest BCUT2D eigenvalue weighted by molar-refractivity contribution is 7.89. The lowest BCUT2D eigenvalue weighted by Crippen LogP contribution is -2.41. The van der Waals surface area contributed by atoms with E-state index >= 15 is 0 Å². The van der Waals surface area contributed by atoms with Crippen LogP contribution in [0.15, 0.2) is 64.4 Å². The topological polar surface area (TPSA) is 85.5 Å². The van der Waals surface area contributed by atoms with Gasteiger partial charge in [-0.1, -0.05) is 12.1 Å². The number of rotatable bonds is 6. The van der Waals surface area contributed by atoms with E-state index in [2.05, 4.69) is 9.97 Å². The van der Waals surface area contributed by atoms with Gasteiger partial charge in [0, 0.05) is 43.9 Å². The van der Waals surface area contributed by atoms with E-state index in [9.17, 15) is 8.42 Å². The molecule has 7 nitrogen and oxygen atoms in total. The molecule has 3 aromatic rings. The van der Waals surface area contributed by atoms with Gasteiger partial charge in [0.1, 0.15) is 17.7 Å². The lowest BCUT2D eigenvalue weighted by atomic mass is 10.0. The fourth-order valence-electron chi connectivity index (χ4n) is 3.47. The van der Waals surface area contributed by atoms with Gasteiger partial charge in [-0.15, -0.1) is 0 Å². The highest BCUT2D eigenvalue weighted by atomic mass is 32.2. The molecule has 1 atom stereocenters. The van der Waals surface area contributed by atoms with Crippen molar-refractivity contribution in [2.75, 3.05) is 19.7 Å². The molecule has 29 heavy (non-hydrogen) atoms. The van der Waals surface area contributed by atoms with Crippen LogP contribution in [0, 0.1) is 12.8 Å². The number of benzene rings is 1. The van der Waals surface area contributed by atoms with Gasteiger partial charge in [0.25, 0.3) is 0 Å². The normalized spacial score (nSPS) is 17.9. The van der Waals surface area contributed by atoms with Crippen molar-refractivity contribution in [2.24, 2.45) is 5.92 Å². The minimum absolute atomic E-state index is 0.157. The van der Waals surface area contributed by atoms with Crippen LogP contribution in [0.3, 0.4) is 0 Å². The Morgan fingerprint density at radius 1 is 1.17 bits per heavy atom. The SMILES string of the molecule is Cc1nc(-c2ccc(S(=O)(=O)N3CCCC(COc4ccncc4)C3)cc2)co1. The van der Waals surface area contributed by atoms with E-state index in [0.717, 1.165) is 24.2 Å². The molecule has 1 fully saturated rings. The van der Waals surface area contributed by atoms with Crippen LogP contribution in [-0.4, -0.2) is 42.4 Å². The molecule has 1 aromatic carbocycles. The zero-order valence-corrected chi connectivity index (χ0v) is 17.0. The third-order valence-corrected chi connectivity index (χ3v) is 6.90. The van der Waals surface area contributed by atoms with Gasteiger partial charge in [0.05, 0.1) is 11.5 Å². The number of piperidine rings is 1. The number of pyridine rings is 1. The maximum Gasteiger partial charge on any atom is 0.243 e. The van der Waals surface area contributed by atoms with E-state index in [1.807, 2.05) is 0 Å². The van der Waals surface area contributed by atoms with E-state index in [1.165, 1.54) is 0 Å². The Bertz CT molecular complexity index is 1050. The molecule has 3 heterocycles. The Morgan fingerprint density at radius 2 is 1.93 bits per heavy atom. The van der Waals surface area contributed by atoms with Crippen LogP contribution in [0.1, 0.15) is 18.7 Å². The minimum Gasteiger partial charge on any atom is -0.493 e. The summed E-state index contributed by atoms with van der Waals surface area (Å²) in [5.41, 5.74) is 1.51. The standard InChI is InChI=1S/C21H23N3O4S/c1-16-23-21(15-27-16)18-4-6-20(7-5-18)29(25,26)24-12-2-3-17(13-24)14-28-19-8-10-22-11-9-19/h4-11,15,17H,2-3,12-14H2,1H3. The predicted molar refractivity (Wildman–Crippen MR) is 108 cm³/mol. The molecule has 152 valence electrons. The molecule has 1 aliphatic rings. The van der Waals surface area contributed by atoms with Crippen LogP contribution in [0.4, 0.5) is 0 Å². The van der Waals surface area contributed by atoms with Crippen LogP contribution in [-0.2, 0) is 10.0 Å². The van der Waals surface area contributed by atoms with Crippen molar-refractivity contribution < 1.29 is 17.6 Å². The molecule has 0 aliphatic carbocycles. The van der Waals surface area contributed by atoms with Gasteiger partial charge >= 0.3 is 0 Å². The molecule has 0 amide bonds. The Hall–Kier alpha value is -2.71. The fraction of sp³-hybridized carbons (Fsp3) is 0.333. The van der Waals surface area contributed by atoms with Gasteiger partial charge in [0.15, 0.2) is 5.89 Å². The summed E-state index contributed by atoms with van der Waals surface area (Å²) >= 11 is 0. The summed E-state index contributed by atoms with van der Waals surface area (Å²) in [6.07, 6.45) is 6.69. The number of aromatic nitrogens is 2. The van der Waals surface area contributed by atoms with Gasteiger partial charge in [-0.3, -0.25) is 4.98 Å². The molecule has 4 rings (SSSR count). The number of hydrogen-bond acceptors (Lipinski definition) is 6. The van der Waals surface area contributed by atoms with Crippen molar-refractivity contribution in [3.05, 3.63) is 60.9 Å². The Balaban J connectivity index is 1.43. The summed E-state index contributed by atoms with van der Waals surface area (Å²) in [5.74, 6) is 1.48. The van der Waals surface area contributed by atoms with Crippen molar-refractivity contribution in [1.82, 2.24) is 14.3 Å². The highest BCUT2D eigenvalue weighted by Gasteiger charge is 2.30. The number of ether oxygens (including phenoxy) is 1. The first-order valence-electron chi connectivity index (χ1n) is 9.58. The molecule has 1 unspecified atom stereocenters. The smallest absolute Gasteiger partial charge is 0.243 e. The van der Waals surface area contributed by atoms with Crippen molar-refractivity contribution in [3.63, 3.8) is 0 Å². The lowest BCUT2D eigenvalue weighted by Gasteiger charge is -2.31. The number of hydrogen-bond donors (Lipinski definition) is 0. The average molecular weight is 413 g/mol. The molecule has 0 radical (unpaired) electrons. The number of oxazole rings is 1. The summed E-state index contributed by atoms with van der Waals surface area (Å²) in [4.78, 5) is 8.53. The first-order valence-corrected chi connectivity index (χ1v) is 11.0. The molecule has 0 N–H and O–H groups in total. The van der Waals surface area contributed by atoms with E-state index in [0.29, 0.717) is 31.3 Å². The number of sulfonamides is 1. The van der Waals surface area contributed by atoms with Crippen LogP contribution in [0.25, 0.3) is 11.3 Å². The van der Waals surface area contributed by atoms with E-state index in [1.54, 1.807) is 66.3 Å². The first kappa shape index (κ1) is 19.6. The third-order valence-electron chi connectivity index (χ3n) is 5.02. The zero-order chi connectivity index (χ0) is 20.3. The molecule has 8 heteroatoms. The third kappa shape index (κ3) is 4.49. The minimum atomic E-state index is -3.55. The predicted octanol–water partition coefficient (Wildman–Crippen LogP) is 3.52. The molecule has 0 spiro atoms. The second-order valence-corrected chi connectivity index (χ2v) is 9.08. The largest absolute Gasteiger partial charge is 0.493 e. The summed E-state index contributed by atoms with van der Waals surface area (Å²) in [7, 11) is -3.55. The van der Waals surface area contributed by atoms with Gasteiger partial charge in [0.2, 0.25) is 10.0 Å². The van der Waals surface area contributed by atoms with Crippen molar-refractivity contribution in [2.45, 2.75) is 24.7 Å². The summed E-state index contributed by atoms with van der Waals surface area (Å²) in [6.45, 7) is 3.24. The molecular weight excluding hydrogens is 390 g/mol. The van der Waals surface area contributed by atoms with Gasteiger partial charge < -0.3 is 9.15 Å². The fourth-order valence-corrected chi connectivity index (χ4v) is 5.03.